The fraction of sp³-hybridized carbons (Fsp3) is 0.250. The van der Waals surface area contributed by atoms with Crippen molar-refractivity contribution >= 4 is 33.6 Å². The first kappa shape index (κ1) is 18.8. The maximum absolute atomic E-state index is 12.1. The number of aryl methyl sites for hydroxylation is 2. The van der Waals surface area contributed by atoms with Gasteiger partial charge in [-0.05, 0) is 66.3 Å². The fourth-order valence-corrected chi connectivity index (χ4v) is 4.64. The molecule has 0 saturated carbocycles. The Morgan fingerprint density at radius 2 is 1.79 bits per heavy atom. The first-order valence-corrected chi connectivity index (χ1v) is 10.5. The van der Waals surface area contributed by atoms with Crippen molar-refractivity contribution in [3.05, 3.63) is 81.2 Å². The summed E-state index contributed by atoms with van der Waals surface area (Å²) in [6, 6.07) is 16.1. The van der Waals surface area contributed by atoms with Crippen LogP contribution in [0.2, 0.25) is 0 Å². The van der Waals surface area contributed by atoms with Crippen LogP contribution < -0.4 is 5.63 Å². The third-order valence-corrected chi connectivity index (χ3v) is 6.07. The van der Waals surface area contributed by atoms with E-state index in [0.717, 1.165) is 27.1 Å². The Balaban J connectivity index is 1.73. The minimum absolute atomic E-state index is 0.303. The lowest BCUT2D eigenvalue weighted by molar-refractivity contribution is 0.559. The Labute approximate surface area is 168 Å². The molecule has 0 unspecified atom stereocenters. The molecule has 4 heteroatoms. The monoisotopic (exact) mass is 389 g/mol. The molecule has 0 amide bonds. The Bertz CT molecular complexity index is 1240. The number of fused-ring (bicyclic) bond motifs is 2. The van der Waals surface area contributed by atoms with Crippen LogP contribution in [0.25, 0.3) is 21.9 Å². The molecule has 0 fully saturated rings. The molecular formula is C24H23NO2S. The van der Waals surface area contributed by atoms with Crippen molar-refractivity contribution in [3.63, 3.8) is 0 Å². The summed E-state index contributed by atoms with van der Waals surface area (Å²) in [5.41, 5.74) is 6.00. The summed E-state index contributed by atoms with van der Waals surface area (Å²) in [5, 5.41) is 3.16. The van der Waals surface area contributed by atoms with Gasteiger partial charge in [-0.15, -0.1) is 11.8 Å². The molecule has 142 valence electrons. The van der Waals surface area contributed by atoms with Crippen molar-refractivity contribution in [2.75, 3.05) is 0 Å². The van der Waals surface area contributed by atoms with Crippen molar-refractivity contribution in [3.8, 4) is 0 Å². The highest BCUT2D eigenvalue weighted by molar-refractivity contribution is 7.98. The standard InChI is InChI=1S/C24H23NO2S/c1-14(2)19-12-20-17(11-24(26)27-22(20)9-15(19)3)13-28-23-10-16(4)18-7-5-6-8-21(18)25-23/h5-12,14H,13H2,1-4H3. The van der Waals surface area contributed by atoms with Crippen molar-refractivity contribution in [2.45, 2.75) is 44.4 Å². The van der Waals surface area contributed by atoms with Gasteiger partial charge in [-0.1, -0.05) is 32.0 Å². The van der Waals surface area contributed by atoms with Crippen molar-refractivity contribution < 1.29 is 4.42 Å². The normalized spacial score (nSPS) is 11.6. The van der Waals surface area contributed by atoms with Gasteiger partial charge in [0.25, 0.3) is 0 Å². The Kier molecular flexibility index (Phi) is 4.98. The third kappa shape index (κ3) is 3.57. The Hall–Kier alpha value is -2.59. The van der Waals surface area contributed by atoms with Crippen LogP contribution in [0.15, 0.2) is 62.8 Å². The molecular weight excluding hydrogens is 366 g/mol. The lowest BCUT2D eigenvalue weighted by Gasteiger charge is -2.13. The summed E-state index contributed by atoms with van der Waals surface area (Å²) >= 11 is 1.65. The summed E-state index contributed by atoms with van der Waals surface area (Å²) < 4.78 is 5.47. The molecule has 0 aliphatic carbocycles. The van der Waals surface area contributed by atoms with E-state index in [0.29, 0.717) is 17.3 Å². The van der Waals surface area contributed by atoms with Gasteiger partial charge < -0.3 is 4.42 Å². The van der Waals surface area contributed by atoms with Gasteiger partial charge in [-0.25, -0.2) is 9.78 Å². The van der Waals surface area contributed by atoms with Gasteiger partial charge in [0.2, 0.25) is 0 Å². The lowest BCUT2D eigenvalue weighted by atomic mass is 9.95. The molecule has 0 aliphatic rings. The highest BCUT2D eigenvalue weighted by Gasteiger charge is 2.12. The number of benzene rings is 2. The highest BCUT2D eigenvalue weighted by atomic mass is 32.2. The quantitative estimate of drug-likeness (QED) is 0.300. The molecule has 0 saturated heterocycles. The number of pyridine rings is 1. The van der Waals surface area contributed by atoms with E-state index in [1.165, 1.54) is 16.5 Å². The molecule has 2 aromatic heterocycles. The summed E-state index contributed by atoms with van der Waals surface area (Å²) in [4.78, 5) is 16.9. The van der Waals surface area contributed by atoms with Gasteiger partial charge in [0.1, 0.15) is 5.58 Å². The average Bonchev–Trinajstić information content (AvgIpc) is 2.65. The molecule has 4 rings (SSSR count). The maximum Gasteiger partial charge on any atom is 0.336 e. The van der Waals surface area contributed by atoms with Gasteiger partial charge in [0.15, 0.2) is 0 Å². The fourth-order valence-electron chi connectivity index (χ4n) is 3.68. The molecule has 28 heavy (non-hydrogen) atoms. The van der Waals surface area contributed by atoms with Gasteiger partial charge in [0, 0.05) is 22.6 Å². The van der Waals surface area contributed by atoms with Gasteiger partial charge in [-0.2, -0.15) is 0 Å². The minimum Gasteiger partial charge on any atom is -0.423 e. The van der Waals surface area contributed by atoms with Crippen molar-refractivity contribution in [1.82, 2.24) is 4.98 Å². The van der Waals surface area contributed by atoms with Gasteiger partial charge >= 0.3 is 5.63 Å². The topological polar surface area (TPSA) is 43.1 Å². The first-order chi connectivity index (χ1) is 13.4. The number of rotatable bonds is 4. The van der Waals surface area contributed by atoms with E-state index in [1.54, 1.807) is 17.8 Å². The average molecular weight is 390 g/mol. The van der Waals surface area contributed by atoms with Crippen LogP contribution in [0.1, 0.15) is 42.0 Å². The zero-order valence-electron chi connectivity index (χ0n) is 16.6. The van der Waals surface area contributed by atoms with Crippen LogP contribution in [0.5, 0.6) is 0 Å². The first-order valence-electron chi connectivity index (χ1n) is 9.49. The molecule has 3 nitrogen and oxygen atoms in total. The van der Waals surface area contributed by atoms with Crippen molar-refractivity contribution in [2.24, 2.45) is 0 Å². The van der Waals surface area contributed by atoms with Crippen molar-refractivity contribution in [1.29, 1.82) is 0 Å². The Morgan fingerprint density at radius 3 is 2.57 bits per heavy atom. The number of thioether (sulfide) groups is 1. The number of nitrogens with zero attached hydrogens (tertiary/aromatic N) is 1. The van der Waals surface area contributed by atoms with Gasteiger partial charge in [-0.3, -0.25) is 0 Å². The van der Waals surface area contributed by atoms with Gasteiger partial charge in [0.05, 0.1) is 10.5 Å². The van der Waals surface area contributed by atoms with E-state index >= 15 is 0 Å². The lowest BCUT2D eigenvalue weighted by Crippen LogP contribution is -2.02. The van der Waals surface area contributed by atoms with Crippen LogP contribution >= 0.6 is 11.8 Å². The molecule has 0 bridgehead atoms. The number of hydrogen-bond donors (Lipinski definition) is 0. The molecule has 0 atom stereocenters. The zero-order chi connectivity index (χ0) is 19.8. The molecule has 2 aromatic carbocycles. The van der Waals surface area contributed by atoms with E-state index in [1.807, 2.05) is 24.3 Å². The molecule has 0 N–H and O–H groups in total. The van der Waals surface area contributed by atoms with E-state index in [-0.39, 0.29) is 5.63 Å². The summed E-state index contributed by atoms with van der Waals surface area (Å²) in [5.74, 6) is 1.09. The van der Waals surface area contributed by atoms with Crippen LogP contribution in [-0.4, -0.2) is 4.98 Å². The summed E-state index contributed by atoms with van der Waals surface area (Å²) in [6.07, 6.45) is 0. The van der Waals surface area contributed by atoms with Crippen LogP contribution in [0.4, 0.5) is 0 Å². The summed E-state index contributed by atoms with van der Waals surface area (Å²) in [6.45, 7) is 8.54. The second kappa shape index (κ2) is 7.44. The molecule has 0 radical (unpaired) electrons. The second-order valence-electron chi connectivity index (χ2n) is 7.53. The predicted octanol–water partition coefficient (Wildman–Crippen LogP) is 6.37. The maximum atomic E-state index is 12.1. The van der Waals surface area contributed by atoms with E-state index in [4.69, 9.17) is 9.40 Å². The Morgan fingerprint density at radius 1 is 1.00 bits per heavy atom. The molecule has 0 aliphatic heterocycles. The van der Waals surface area contributed by atoms with Crippen LogP contribution in [0.3, 0.4) is 0 Å². The molecule has 2 heterocycles. The number of para-hydroxylation sites is 1. The highest BCUT2D eigenvalue weighted by Crippen LogP contribution is 2.31. The smallest absolute Gasteiger partial charge is 0.336 e. The largest absolute Gasteiger partial charge is 0.423 e. The number of hydrogen-bond acceptors (Lipinski definition) is 4. The third-order valence-electron chi connectivity index (χ3n) is 5.11. The molecule has 4 aromatic rings. The van der Waals surface area contributed by atoms with E-state index in [9.17, 15) is 4.79 Å². The van der Waals surface area contributed by atoms with E-state index in [2.05, 4.69) is 45.9 Å². The van der Waals surface area contributed by atoms with Crippen LogP contribution in [0, 0.1) is 13.8 Å². The molecule has 0 spiro atoms. The predicted molar refractivity (Wildman–Crippen MR) is 117 cm³/mol. The minimum atomic E-state index is -0.303. The SMILES string of the molecule is Cc1cc2oc(=O)cc(CSc3cc(C)c4ccccc4n3)c2cc1C(C)C. The van der Waals surface area contributed by atoms with E-state index < -0.39 is 0 Å². The zero-order valence-corrected chi connectivity index (χ0v) is 17.4. The number of aromatic nitrogens is 1. The summed E-state index contributed by atoms with van der Waals surface area (Å²) in [7, 11) is 0. The van der Waals surface area contributed by atoms with Crippen LogP contribution in [-0.2, 0) is 5.75 Å². The second-order valence-corrected chi connectivity index (χ2v) is 8.53.